The van der Waals surface area contributed by atoms with Crippen LogP contribution >= 0.6 is 0 Å². The number of imidazole rings is 1. The zero-order valence-corrected chi connectivity index (χ0v) is 17.0. The van der Waals surface area contributed by atoms with Crippen LogP contribution in [0.15, 0.2) is 24.5 Å². The van der Waals surface area contributed by atoms with Gasteiger partial charge in [-0.3, -0.25) is 4.79 Å². The van der Waals surface area contributed by atoms with Crippen molar-refractivity contribution < 1.29 is 14.3 Å². The lowest BCUT2D eigenvalue weighted by Crippen LogP contribution is -2.44. The van der Waals surface area contributed by atoms with Crippen molar-refractivity contribution in [3.05, 3.63) is 30.2 Å². The van der Waals surface area contributed by atoms with Crippen LogP contribution in [-0.4, -0.2) is 50.2 Å². The number of likely N-dealkylation sites (tertiary alicyclic amines) is 1. The summed E-state index contributed by atoms with van der Waals surface area (Å²) in [5.74, 6) is 0.395. The fraction of sp³-hybridized carbons (Fsp3) is 0.600. The summed E-state index contributed by atoms with van der Waals surface area (Å²) in [6.07, 6.45) is 3.16. The van der Waals surface area contributed by atoms with Gasteiger partial charge in [0, 0.05) is 25.2 Å². The molecular formula is C20H27N5O3. The molecule has 0 unspecified atom stereocenters. The summed E-state index contributed by atoms with van der Waals surface area (Å²) in [7, 11) is 0. The van der Waals surface area contributed by atoms with E-state index in [-0.39, 0.29) is 29.8 Å². The number of ether oxygens (including phenoxy) is 1. The summed E-state index contributed by atoms with van der Waals surface area (Å²) in [5, 5.41) is 7.48. The molecule has 2 aliphatic rings. The van der Waals surface area contributed by atoms with Crippen molar-refractivity contribution in [1.29, 1.82) is 0 Å². The minimum atomic E-state index is -0.605. The van der Waals surface area contributed by atoms with E-state index < -0.39 is 11.1 Å². The number of nitrogens with zero attached hydrogens (tertiary/aromatic N) is 4. The van der Waals surface area contributed by atoms with Crippen molar-refractivity contribution >= 4 is 17.6 Å². The number of aromatic nitrogens is 3. The third-order valence-corrected chi connectivity index (χ3v) is 5.50. The normalized spacial score (nSPS) is 24.2. The summed E-state index contributed by atoms with van der Waals surface area (Å²) in [5.41, 5.74) is 0.466. The van der Waals surface area contributed by atoms with Gasteiger partial charge >= 0.3 is 6.09 Å². The Morgan fingerprint density at radius 3 is 2.50 bits per heavy atom. The monoisotopic (exact) mass is 385 g/mol. The third kappa shape index (κ3) is 3.31. The first-order valence-corrected chi connectivity index (χ1v) is 9.66. The highest BCUT2D eigenvalue weighted by atomic mass is 16.6. The number of nitrogens with one attached hydrogen (secondary N) is 1. The maximum absolute atomic E-state index is 12.9. The number of piperidine rings is 1. The molecule has 4 rings (SSSR count). The molecular weight excluding hydrogens is 358 g/mol. The van der Waals surface area contributed by atoms with Crippen LogP contribution in [0.5, 0.6) is 0 Å². The van der Waals surface area contributed by atoms with Crippen LogP contribution < -0.4 is 5.32 Å². The van der Waals surface area contributed by atoms with E-state index in [9.17, 15) is 9.59 Å². The second kappa shape index (κ2) is 6.18. The molecule has 2 fully saturated rings. The molecule has 8 heteroatoms. The smallest absolute Gasteiger partial charge is 0.410 e. The minimum absolute atomic E-state index is 0.0229. The highest BCUT2D eigenvalue weighted by molar-refractivity contribution is 5.84. The second-order valence-corrected chi connectivity index (χ2v) is 9.29. The number of rotatable bonds is 3. The average molecular weight is 385 g/mol. The van der Waals surface area contributed by atoms with Crippen molar-refractivity contribution in [3.63, 3.8) is 0 Å². The molecule has 3 heterocycles. The molecule has 28 heavy (non-hydrogen) atoms. The molecule has 1 saturated heterocycles. The Morgan fingerprint density at radius 1 is 1.18 bits per heavy atom. The molecule has 2 aromatic heterocycles. The highest BCUT2D eigenvalue weighted by Gasteiger charge is 2.61. The van der Waals surface area contributed by atoms with Crippen molar-refractivity contribution in [3.8, 4) is 0 Å². The number of amides is 2. The summed E-state index contributed by atoms with van der Waals surface area (Å²) >= 11 is 0. The Kier molecular flexibility index (Phi) is 4.13. The van der Waals surface area contributed by atoms with Crippen LogP contribution in [-0.2, 0) is 15.1 Å². The number of carbonyl (C=O) groups excluding carboxylic acids is 2. The van der Waals surface area contributed by atoms with Gasteiger partial charge in [0.05, 0.1) is 17.4 Å². The maximum atomic E-state index is 12.9. The first kappa shape index (κ1) is 18.7. The van der Waals surface area contributed by atoms with Gasteiger partial charge in [0.1, 0.15) is 5.60 Å². The van der Waals surface area contributed by atoms with Gasteiger partial charge in [-0.25, -0.2) is 14.3 Å². The molecule has 150 valence electrons. The van der Waals surface area contributed by atoms with Crippen molar-refractivity contribution in [1.82, 2.24) is 24.8 Å². The van der Waals surface area contributed by atoms with E-state index in [0.717, 1.165) is 11.3 Å². The Labute approximate surface area is 164 Å². The number of carbonyl (C=O) groups is 2. The van der Waals surface area contributed by atoms with E-state index in [1.165, 1.54) is 0 Å². The lowest BCUT2D eigenvalue weighted by molar-refractivity contribution is -0.125. The average Bonchev–Trinajstić information content (AvgIpc) is 2.96. The standard InChI is InChI=1S/C20H27N5O3/c1-19(2,3)28-18(27)24-10-12-13(11-24)16(12)17(26)23-20(4,5)14-9-21-15-7-6-8-22-25(14)15/h6-9,12-13,16H,10-11H2,1-5H3,(H,23,26)/t12-,13+,16+. The number of fused-ring (bicyclic) bond motifs is 2. The lowest BCUT2D eigenvalue weighted by Gasteiger charge is -2.27. The lowest BCUT2D eigenvalue weighted by atomic mass is 10.0. The zero-order valence-electron chi connectivity index (χ0n) is 17.0. The summed E-state index contributed by atoms with van der Waals surface area (Å²) in [4.78, 5) is 31.1. The van der Waals surface area contributed by atoms with Gasteiger partial charge in [-0.2, -0.15) is 5.10 Å². The Bertz CT molecular complexity index is 917. The van der Waals surface area contributed by atoms with E-state index in [2.05, 4.69) is 15.4 Å². The van der Waals surface area contributed by atoms with Crippen LogP contribution in [0, 0.1) is 17.8 Å². The molecule has 0 radical (unpaired) electrons. The predicted octanol–water partition coefficient (Wildman–Crippen LogP) is 2.19. The summed E-state index contributed by atoms with van der Waals surface area (Å²) in [6.45, 7) is 10.6. The van der Waals surface area contributed by atoms with Gasteiger partial charge in [-0.15, -0.1) is 0 Å². The second-order valence-electron chi connectivity index (χ2n) is 9.29. The molecule has 1 saturated carbocycles. The topological polar surface area (TPSA) is 88.8 Å². The van der Waals surface area contributed by atoms with Crippen LogP contribution in [0.1, 0.15) is 40.3 Å². The Hall–Kier alpha value is -2.64. The molecule has 1 N–H and O–H groups in total. The van der Waals surface area contributed by atoms with Crippen molar-refractivity contribution in [2.45, 2.75) is 45.8 Å². The third-order valence-electron chi connectivity index (χ3n) is 5.50. The van der Waals surface area contributed by atoms with Crippen LogP contribution in [0.2, 0.25) is 0 Å². The number of hydrogen-bond acceptors (Lipinski definition) is 5. The fourth-order valence-corrected chi connectivity index (χ4v) is 4.10. The van der Waals surface area contributed by atoms with Gasteiger partial charge in [0.2, 0.25) is 5.91 Å². The molecule has 2 aromatic rings. The van der Waals surface area contributed by atoms with Crippen LogP contribution in [0.3, 0.4) is 0 Å². The van der Waals surface area contributed by atoms with Gasteiger partial charge < -0.3 is 15.0 Å². The molecule has 8 nitrogen and oxygen atoms in total. The zero-order chi connectivity index (χ0) is 20.3. The van der Waals surface area contributed by atoms with E-state index >= 15 is 0 Å². The highest BCUT2D eigenvalue weighted by Crippen LogP contribution is 2.52. The Morgan fingerprint density at radius 2 is 1.86 bits per heavy atom. The largest absolute Gasteiger partial charge is 0.444 e. The molecule has 3 atom stereocenters. The van der Waals surface area contributed by atoms with Gasteiger partial charge in [-0.05, 0) is 58.6 Å². The van der Waals surface area contributed by atoms with Crippen molar-refractivity contribution in [2.75, 3.05) is 13.1 Å². The fourth-order valence-electron chi connectivity index (χ4n) is 4.10. The SMILES string of the molecule is CC(C)(C)OC(=O)N1C[C@@H]2[C@H](C1)[C@H]2C(=O)NC(C)(C)c1cnc2cccnn12. The first-order chi connectivity index (χ1) is 13.1. The van der Waals surface area contributed by atoms with Gasteiger partial charge in [0.15, 0.2) is 5.65 Å². The summed E-state index contributed by atoms with van der Waals surface area (Å²) in [6, 6.07) is 3.71. The Balaban J connectivity index is 1.38. The van der Waals surface area contributed by atoms with Gasteiger partial charge in [0.25, 0.3) is 0 Å². The van der Waals surface area contributed by atoms with E-state index in [1.807, 2.05) is 46.8 Å². The molecule has 0 aromatic carbocycles. The van der Waals surface area contributed by atoms with Crippen LogP contribution in [0.25, 0.3) is 5.65 Å². The summed E-state index contributed by atoms with van der Waals surface area (Å²) < 4.78 is 7.17. The molecule has 1 aliphatic carbocycles. The first-order valence-electron chi connectivity index (χ1n) is 9.66. The van der Waals surface area contributed by atoms with E-state index in [4.69, 9.17) is 4.74 Å². The van der Waals surface area contributed by atoms with Gasteiger partial charge in [-0.1, -0.05) is 0 Å². The molecule has 0 spiro atoms. The quantitative estimate of drug-likeness (QED) is 0.875. The minimum Gasteiger partial charge on any atom is -0.444 e. The van der Waals surface area contributed by atoms with E-state index in [0.29, 0.717) is 13.1 Å². The maximum Gasteiger partial charge on any atom is 0.410 e. The molecule has 2 amide bonds. The number of hydrogen-bond donors (Lipinski definition) is 1. The predicted molar refractivity (Wildman–Crippen MR) is 102 cm³/mol. The van der Waals surface area contributed by atoms with Crippen LogP contribution in [0.4, 0.5) is 4.79 Å². The van der Waals surface area contributed by atoms with E-state index in [1.54, 1.807) is 21.8 Å². The molecule has 1 aliphatic heterocycles. The molecule has 0 bridgehead atoms. The van der Waals surface area contributed by atoms with Crippen molar-refractivity contribution in [2.24, 2.45) is 17.8 Å².